The number of hydrogen-bond donors (Lipinski definition) is 2. The molecule has 102 valence electrons. The first-order valence-electron chi connectivity index (χ1n) is 6.47. The molecule has 0 fully saturated rings. The van der Waals surface area contributed by atoms with Crippen LogP contribution in [0.4, 0.5) is 5.95 Å². The number of aryl methyl sites for hydroxylation is 2. The Morgan fingerprint density at radius 2 is 1.90 bits per heavy atom. The number of nitrogens with zero attached hydrogens (tertiary/aromatic N) is 3. The van der Waals surface area contributed by atoms with Crippen LogP contribution < -0.4 is 5.32 Å². The minimum Gasteiger partial charge on any atom is -0.508 e. The second-order valence-electron chi connectivity index (χ2n) is 4.94. The Bertz CT molecular complexity index is 764. The number of phenols is 1. The Balaban J connectivity index is 1.85. The summed E-state index contributed by atoms with van der Waals surface area (Å²) in [5.41, 5.74) is 3.91. The van der Waals surface area contributed by atoms with E-state index in [2.05, 4.69) is 15.5 Å². The maximum Gasteiger partial charge on any atom is 0.229 e. The SMILES string of the molecule is Cc1ccc(O)c(CNc2nnc3cc(C)ccn23)c1. The topological polar surface area (TPSA) is 62.5 Å². The smallest absolute Gasteiger partial charge is 0.229 e. The third-order valence-electron chi connectivity index (χ3n) is 3.24. The fourth-order valence-electron chi connectivity index (χ4n) is 2.14. The molecule has 2 N–H and O–H groups in total. The van der Waals surface area contributed by atoms with Crippen molar-refractivity contribution in [3.05, 3.63) is 53.2 Å². The zero-order valence-corrected chi connectivity index (χ0v) is 11.5. The minimum absolute atomic E-state index is 0.285. The number of fused-ring (bicyclic) bond motifs is 1. The van der Waals surface area contributed by atoms with Gasteiger partial charge in [0.25, 0.3) is 0 Å². The molecule has 0 bridgehead atoms. The normalized spacial score (nSPS) is 10.9. The van der Waals surface area contributed by atoms with E-state index in [0.717, 1.165) is 22.3 Å². The highest BCUT2D eigenvalue weighted by Gasteiger charge is 2.06. The molecule has 3 aromatic rings. The van der Waals surface area contributed by atoms with Crippen LogP contribution in [-0.2, 0) is 6.54 Å². The van der Waals surface area contributed by atoms with Crippen LogP contribution in [0.25, 0.3) is 5.65 Å². The Hall–Kier alpha value is -2.56. The molecule has 0 aliphatic rings. The number of pyridine rings is 1. The molecule has 0 unspecified atom stereocenters. The first kappa shape index (κ1) is 12.5. The molecule has 5 heteroatoms. The van der Waals surface area contributed by atoms with Gasteiger partial charge in [-0.3, -0.25) is 4.40 Å². The largest absolute Gasteiger partial charge is 0.508 e. The van der Waals surface area contributed by atoms with Gasteiger partial charge in [-0.05, 0) is 37.6 Å². The summed E-state index contributed by atoms with van der Waals surface area (Å²) in [6, 6.07) is 9.52. The van der Waals surface area contributed by atoms with Crippen molar-refractivity contribution in [2.75, 3.05) is 5.32 Å². The van der Waals surface area contributed by atoms with E-state index in [4.69, 9.17) is 0 Å². The van der Waals surface area contributed by atoms with Crippen molar-refractivity contribution in [1.82, 2.24) is 14.6 Å². The maximum absolute atomic E-state index is 9.83. The summed E-state index contributed by atoms with van der Waals surface area (Å²) in [6.07, 6.45) is 1.93. The van der Waals surface area contributed by atoms with Gasteiger partial charge in [0.15, 0.2) is 5.65 Å². The van der Waals surface area contributed by atoms with Gasteiger partial charge in [0, 0.05) is 18.3 Å². The number of phenolic OH excluding ortho intramolecular Hbond substituents is 1. The van der Waals surface area contributed by atoms with Gasteiger partial charge in [-0.15, -0.1) is 10.2 Å². The average Bonchev–Trinajstić information content (AvgIpc) is 2.82. The van der Waals surface area contributed by atoms with Gasteiger partial charge in [0.05, 0.1) is 0 Å². The van der Waals surface area contributed by atoms with E-state index in [9.17, 15) is 5.11 Å². The van der Waals surface area contributed by atoms with Gasteiger partial charge in [-0.25, -0.2) is 0 Å². The summed E-state index contributed by atoms with van der Waals surface area (Å²) in [6.45, 7) is 4.52. The van der Waals surface area contributed by atoms with Gasteiger partial charge >= 0.3 is 0 Å². The van der Waals surface area contributed by atoms with Crippen molar-refractivity contribution in [2.45, 2.75) is 20.4 Å². The molecule has 5 nitrogen and oxygen atoms in total. The highest BCUT2D eigenvalue weighted by Crippen LogP contribution is 2.19. The van der Waals surface area contributed by atoms with Crippen LogP contribution in [0.2, 0.25) is 0 Å². The number of hydrogen-bond acceptors (Lipinski definition) is 4. The van der Waals surface area contributed by atoms with Crippen LogP contribution in [-0.4, -0.2) is 19.7 Å². The van der Waals surface area contributed by atoms with Crippen LogP contribution in [0.3, 0.4) is 0 Å². The molecule has 0 saturated carbocycles. The first-order chi connectivity index (χ1) is 9.63. The van der Waals surface area contributed by atoms with Gasteiger partial charge in [-0.2, -0.15) is 0 Å². The second-order valence-corrected chi connectivity index (χ2v) is 4.94. The molecule has 2 aromatic heterocycles. The summed E-state index contributed by atoms with van der Waals surface area (Å²) < 4.78 is 1.89. The Kier molecular flexibility index (Phi) is 3.02. The van der Waals surface area contributed by atoms with E-state index in [1.807, 2.05) is 48.7 Å². The lowest BCUT2D eigenvalue weighted by atomic mass is 10.1. The van der Waals surface area contributed by atoms with Crippen molar-refractivity contribution in [3.63, 3.8) is 0 Å². The van der Waals surface area contributed by atoms with Crippen molar-refractivity contribution < 1.29 is 5.11 Å². The fraction of sp³-hybridized carbons (Fsp3) is 0.200. The molecular formula is C15H16N4O. The molecule has 1 aromatic carbocycles. The molecule has 20 heavy (non-hydrogen) atoms. The van der Waals surface area contributed by atoms with E-state index < -0.39 is 0 Å². The summed E-state index contributed by atoms with van der Waals surface area (Å²) in [5, 5.41) is 21.3. The van der Waals surface area contributed by atoms with Crippen molar-refractivity contribution in [2.24, 2.45) is 0 Å². The minimum atomic E-state index is 0.285. The molecule has 0 spiro atoms. The Morgan fingerprint density at radius 1 is 1.10 bits per heavy atom. The van der Waals surface area contributed by atoms with Gasteiger partial charge in [-0.1, -0.05) is 17.7 Å². The predicted octanol–water partition coefficient (Wildman–Crippen LogP) is 2.66. The van der Waals surface area contributed by atoms with Crippen LogP contribution in [0.1, 0.15) is 16.7 Å². The van der Waals surface area contributed by atoms with Crippen LogP contribution in [0.5, 0.6) is 5.75 Å². The van der Waals surface area contributed by atoms with E-state index >= 15 is 0 Å². The van der Waals surface area contributed by atoms with Gasteiger partial charge in [0.2, 0.25) is 5.95 Å². The van der Waals surface area contributed by atoms with Crippen LogP contribution in [0.15, 0.2) is 36.5 Å². The maximum atomic E-state index is 9.83. The van der Waals surface area contributed by atoms with Gasteiger partial charge < -0.3 is 10.4 Å². The summed E-state index contributed by atoms with van der Waals surface area (Å²) >= 11 is 0. The average molecular weight is 268 g/mol. The molecule has 2 heterocycles. The first-order valence-corrected chi connectivity index (χ1v) is 6.47. The Morgan fingerprint density at radius 3 is 2.75 bits per heavy atom. The fourth-order valence-corrected chi connectivity index (χ4v) is 2.14. The number of anilines is 1. The Labute approximate surface area is 116 Å². The monoisotopic (exact) mass is 268 g/mol. The quantitative estimate of drug-likeness (QED) is 0.766. The van der Waals surface area contributed by atoms with Crippen molar-refractivity contribution >= 4 is 11.6 Å². The van der Waals surface area contributed by atoms with Crippen molar-refractivity contribution in [1.29, 1.82) is 0 Å². The predicted molar refractivity (Wildman–Crippen MR) is 77.9 cm³/mol. The van der Waals surface area contributed by atoms with E-state index in [1.54, 1.807) is 6.07 Å². The number of benzene rings is 1. The summed E-state index contributed by atoms with van der Waals surface area (Å²) in [5.74, 6) is 0.952. The molecule has 0 amide bonds. The highest BCUT2D eigenvalue weighted by molar-refractivity contribution is 5.47. The number of rotatable bonds is 3. The molecule has 3 rings (SSSR count). The number of aromatic hydroxyl groups is 1. The zero-order chi connectivity index (χ0) is 14.1. The van der Waals surface area contributed by atoms with Crippen LogP contribution in [0, 0.1) is 13.8 Å². The molecule has 0 saturated heterocycles. The lowest BCUT2D eigenvalue weighted by Crippen LogP contribution is -2.04. The second kappa shape index (κ2) is 4.85. The lowest BCUT2D eigenvalue weighted by molar-refractivity contribution is 0.469. The van der Waals surface area contributed by atoms with E-state index in [0.29, 0.717) is 12.5 Å². The molecule has 0 radical (unpaired) electrons. The highest BCUT2D eigenvalue weighted by atomic mass is 16.3. The standard InChI is InChI=1S/C15H16N4O/c1-10-3-4-13(20)12(7-10)9-16-15-18-17-14-8-11(2)5-6-19(14)15/h3-8,20H,9H2,1-2H3,(H,16,18). The van der Waals surface area contributed by atoms with E-state index in [1.165, 1.54) is 0 Å². The third kappa shape index (κ3) is 2.30. The molecule has 0 aliphatic carbocycles. The van der Waals surface area contributed by atoms with Crippen LogP contribution >= 0.6 is 0 Å². The van der Waals surface area contributed by atoms with Crippen molar-refractivity contribution in [3.8, 4) is 5.75 Å². The molecule has 0 atom stereocenters. The zero-order valence-electron chi connectivity index (χ0n) is 11.5. The van der Waals surface area contributed by atoms with Gasteiger partial charge in [0.1, 0.15) is 5.75 Å². The molecule has 0 aliphatic heterocycles. The summed E-state index contributed by atoms with van der Waals surface area (Å²) in [4.78, 5) is 0. The third-order valence-corrected chi connectivity index (χ3v) is 3.24. The van der Waals surface area contributed by atoms with E-state index in [-0.39, 0.29) is 5.75 Å². The summed E-state index contributed by atoms with van der Waals surface area (Å²) in [7, 11) is 0. The molecular weight excluding hydrogens is 252 g/mol. The number of aromatic nitrogens is 3. The lowest BCUT2D eigenvalue weighted by Gasteiger charge is -2.07. The number of nitrogens with one attached hydrogen (secondary N) is 1.